The molecule has 1 N–H and O–H groups in total. The van der Waals surface area contributed by atoms with Crippen molar-refractivity contribution in [2.75, 3.05) is 5.32 Å². The van der Waals surface area contributed by atoms with Gasteiger partial charge in [-0.1, -0.05) is 28.1 Å². The van der Waals surface area contributed by atoms with Gasteiger partial charge in [-0.3, -0.25) is 14.9 Å². The molecule has 0 aliphatic carbocycles. The predicted molar refractivity (Wildman–Crippen MR) is 107 cm³/mol. The summed E-state index contributed by atoms with van der Waals surface area (Å²) in [7, 11) is 0. The second-order valence-electron chi connectivity index (χ2n) is 5.75. The molecule has 1 aromatic heterocycles. The second kappa shape index (κ2) is 8.50. The number of nitriles is 1. The van der Waals surface area contributed by atoms with Gasteiger partial charge in [0.15, 0.2) is 0 Å². The van der Waals surface area contributed by atoms with Gasteiger partial charge in [0.2, 0.25) is 0 Å². The number of nitro benzene ring substituents is 1. The maximum Gasteiger partial charge on any atom is 0.271 e. The number of nitrogens with zero attached hydrogens (tertiary/aromatic N) is 2. The second-order valence-corrected chi connectivity index (χ2v) is 6.67. The quantitative estimate of drug-likeness (QED) is 0.243. The highest BCUT2D eigenvalue weighted by Crippen LogP contribution is 2.26. The summed E-state index contributed by atoms with van der Waals surface area (Å²) in [4.78, 5) is 22.4. The van der Waals surface area contributed by atoms with Crippen LogP contribution >= 0.6 is 15.9 Å². The first kappa shape index (κ1) is 20.0. The third-order valence-electron chi connectivity index (χ3n) is 3.82. The van der Waals surface area contributed by atoms with E-state index in [1.165, 1.54) is 6.08 Å². The number of nitro groups is 1. The number of furan rings is 1. The first-order valence-corrected chi connectivity index (χ1v) is 8.89. The van der Waals surface area contributed by atoms with Gasteiger partial charge < -0.3 is 9.73 Å². The van der Waals surface area contributed by atoms with Crippen LogP contribution in [-0.2, 0) is 4.79 Å². The van der Waals surface area contributed by atoms with Crippen molar-refractivity contribution in [1.29, 1.82) is 5.26 Å². The van der Waals surface area contributed by atoms with Crippen LogP contribution < -0.4 is 5.32 Å². The van der Waals surface area contributed by atoms with Crippen molar-refractivity contribution in [2.24, 2.45) is 0 Å². The number of carbonyl (C=O) groups excluding carboxylic acids is 1. The molecule has 0 saturated carbocycles. The summed E-state index contributed by atoms with van der Waals surface area (Å²) in [5.41, 5.74) is -0.350. The van der Waals surface area contributed by atoms with Crippen LogP contribution in [-0.4, -0.2) is 10.8 Å². The number of amides is 1. The third kappa shape index (κ3) is 4.75. The third-order valence-corrected chi connectivity index (χ3v) is 4.34. The Morgan fingerprint density at radius 3 is 2.59 bits per heavy atom. The van der Waals surface area contributed by atoms with Crippen molar-refractivity contribution in [3.63, 3.8) is 0 Å². The first-order valence-electron chi connectivity index (χ1n) is 8.10. The van der Waals surface area contributed by atoms with Crippen molar-refractivity contribution in [1.82, 2.24) is 0 Å². The fraction of sp³-hybridized carbons (Fsp3) is 0. The predicted octanol–water partition coefficient (Wildman–Crippen LogP) is 5.30. The molecule has 0 atom stereocenters. The number of benzene rings is 2. The molecular formula is C20H11BrFN3O4. The Bertz CT molecular complexity index is 1160. The minimum Gasteiger partial charge on any atom is -0.457 e. The highest BCUT2D eigenvalue weighted by molar-refractivity contribution is 9.10. The Balaban J connectivity index is 1.83. The summed E-state index contributed by atoms with van der Waals surface area (Å²) in [5, 5.41) is 22.3. The Morgan fingerprint density at radius 1 is 1.21 bits per heavy atom. The van der Waals surface area contributed by atoms with E-state index >= 15 is 0 Å². The number of rotatable bonds is 5. The monoisotopic (exact) mass is 455 g/mol. The van der Waals surface area contributed by atoms with Gasteiger partial charge in [-0.05, 0) is 30.3 Å². The molecule has 2 aromatic carbocycles. The van der Waals surface area contributed by atoms with Gasteiger partial charge in [-0.2, -0.15) is 5.26 Å². The van der Waals surface area contributed by atoms with Gasteiger partial charge in [0.05, 0.1) is 10.6 Å². The van der Waals surface area contributed by atoms with E-state index in [0.29, 0.717) is 5.76 Å². The van der Waals surface area contributed by atoms with E-state index in [4.69, 9.17) is 4.42 Å². The van der Waals surface area contributed by atoms with E-state index in [0.717, 1.165) is 28.2 Å². The molecule has 144 valence electrons. The van der Waals surface area contributed by atoms with Crippen molar-refractivity contribution in [3.05, 3.63) is 86.3 Å². The number of nitrogens with one attached hydrogen (secondary N) is 1. The number of hydrogen-bond donors (Lipinski definition) is 1. The van der Waals surface area contributed by atoms with E-state index in [2.05, 4.69) is 21.2 Å². The number of non-ortho nitro benzene ring substituents is 1. The molecule has 1 amide bonds. The molecule has 29 heavy (non-hydrogen) atoms. The minimum absolute atomic E-state index is 0.245. The van der Waals surface area contributed by atoms with E-state index in [1.54, 1.807) is 18.2 Å². The van der Waals surface area contributed by atoms with Crippen molar-refractivity contribution in [2.45, 2.75) is 0 Å². The Kier molecular flexibility index (Phi) is 5.85. The van der Waals surface area contributed by atoms with Gasteiger partial charge in [-0.15, -0.1) is 0 Å². The summed E-state index contributed by atoms with van der Waals surface area (Å²) in [5.74, 6) is -1.01. The maximum absolute atomic E-state index is 13.8. The van der Waals surface area contributed by atoms with Gasteiger partial charge in [0.1, 0.15) is 29.0 Å². The number of anilines is 1. The van der Waals surface area contributed by atoms with Crippen LogP contribution in [0.25, 0.3) is 17.4 Å². The molecule has 0 radical (unpaired) electrons. The lowest BCUT2D eigenvalue weighted by atomic mass is 10.2. The van der Waals surface area contributed by atoms with Crippen LogP contribution in [0.15, 0.2) is 69.1 Å². The molecular weight excluding hydrogens is 445 g/mol. The SMILES string of the molecule is N#CC(=Cc1ccc(-c2ccc(Br)cc2)o1)C(=O)Nc1cc([N+](=O)[O-])ccc1F. The van der Waals surface area contributed by atoms with Gasteiger partial charge >= 0.3 is 0 Å². The summed E-state index contributed by atoms with van der Waals surface area (Å²) >= 11 is 3.34. The van der Waals surface area contributed by atoms with Gasteiger partial charge in [-0.25, -0.2) is 4.39 Å². The van der Waals surface area contributed by atoms with E-state index in [-0.39, 0.29) is 11.3 Å². The smallest absolute Gasteiger partial charge is 0.271 e. The average Bonchev–Trinajstić information content (AvgIpc) is 3.16. The maximum atomic E-state index is 13.8. The van der Waals surface area contributed by atoms with Crippen LogP contribution in [0, 0.1) is 27.3 Å². The molecule has 0 fully saturated rings. The number of hydrogen-bond acceptors (Lipinski definition) is 5. The van der Waals surface area contributed by atoms with Crippen LogP contribution in [0.5, 0.6) is 0 Å². The molecule has 3 aromatic rings. The zero-order valence-corrected chi connectivity index (χ0v) is 16.1. The Hall–Kier alpha value is -3.77. The van der Waals surface area contributed by atoms with Crippen molar-refractivity contribution in [3.8, 4) is 17.4 Å². The van der Waals surface area contributed by atoms with Crippen molar-refractivity contribution < 1.29 is 18.5 Å². The molecule has 0 aliphatic heterocycles. The summed E-state index contributed by atoms with van der Waals surface area (Å²) < 4.78 is 20.4. The standard InChI is InChI=1S/C20H11BrFN3O4/c21-14-3-1-12(2-4-14)19-8-6-16(29-19)9-13(11-23)20(26)24-18-10-15(25(27)28)5-7-17(18)22/h1-10H,(H,24,26). The molecule has 1 heterocycles. The zero-order chi connectivity index (χ0) is 21.0. The van der Waals surface area contributed by atoms with Crippen molar-refractivity contribution >= 4 is 39.3 Å². The van der Waals surface area contributed by atoms with E-state index in [1.807, 2.05) is 24.3 Å². The fourth-order valence-corrected chi connectivity index (χ4v) is 2.67. The van der Waals surface area contributed by atoms with E-state index < -0.39 is 28.0 Å². The molecule has 9 heteroatoms. The van der Waals surface area contributed by atoms with Gasteiger partial charge in [0.25, 0.3) is 11.6 Å². The molecule has 7 nitrogen and oxygen atoms in total. The molecule has 0 unspecified atom stereocenters. The topological polar surface area (TPSA) is 109 Å². The summed E-state index contributed by atoms with van der Waals surface area (Å²) in [6.45, 7) is 0. The lowest BCUT2D eigenvalue weighted by molar-refractivity contribution is -0.384. The molecule has 0 spiro atoms. The molecule has 0 aliphatic rings. The largest absolute Gasteiger partial charge is 0.457 e. The summed E-state index contributed by atoms with van der Waals surface area (Å²) in [6.07, 6.45) is 1.20. The van der Waals surface area contributed by atoms with Crippen LogP contribution in [0.4, 0.5) is 15.8 Å². The lowest BCUT2D eigenvalue weighted by Crippen LogP contribution is -2.14. The zero-order valence-electron chi connectivity index (χ0n) is 14.6. The normalized spacial score (nSPS) is 11.0. The van der Waals surface area contributed by atoms with Crippen LogP contribution in [0.3, 0.4) is 0 Å². The molecule has 3 rings (SSSR count). The Morgan fingerprint density at radius 2 is 1.93 bits per heavy atom. The molecule has 0 saturated heterocycles. The lowest BCUT2D eigenvalue weighted by Gasteiger charge is -2.05. The fourth-order valence-electron chi connectivity index (χ4n) is 2.40. The highest BCUT2D eigenvalue weighted by atomic mass is 79.9. The van der Waals surface area contributed by atoms with Crippen LogP contribution in [0.1, 0.15) is 5.76 Å². The van der Waals surface area contributed by atoms with Gasteiger partial charge in [0, 0.05) is 28.2 Å². The number of halogens is 2. The number of carbonyl (C=O) groups is 1. The minimum atomic E-state index is -0.923. The Labute approximate surface area is 172 Å². The van der Waals surface area contributed by atoms with Crippen LogP contribution in [0.2, 0.25) is 0 Å². The molecule has 0 bridgehead atoms. The van der Waals surface area contributed by atoms with E-state index in [9.17, 15) is 24.6 Å². The first-order chi connectivity index (χ1) is 13.9. The highest BCUT2D eigenvalue weighted by Gasteiger charge is 2.16. The summed E-state index contributed by atoms with van der Waals surface area (Å²) in [6, 6.07) is 15.0. The average molecular weight is 456 g/mol.